The Labute approximate surface area is 110 Å². The lowest BCUT2D eigenvalue weighted by atomic mass is 9.80. The van der Waals surface area contributed by atoms with Crippen LogP contribution in [-0.2, 0) is 0 Å². The first-order valence-electron chi connectivity index (χ1n) is 7.01. The van der Waals surface area contributed by atoms with Gasteiger partial charge in [-0.05, 0) is 44.9 Å². The number of hydrogen-bond donors (Lipinski definition) is 1. The van der Waals surface area contributed by atoms with Crippen molar-refractivity contribution in [2.75, 3.05) is 25.4 Å². The fourth-order valence-corrected chi connectivity index (χ4v) is 4.46. The van der Waals surface area contributed by atoms with Crippen LogP contribution in [-0.4, -0.2) is 46.2 Å². The zero-order valence-corrected chi connectivity index (χ0v) is 12.3. The van der Waals surface area contributed by atoms with E-state index in [1.165, 1.54) is 31.7 Å². The van der Waals surface area contributed by atoms with E-state index in [0.29, 0.717) is 10.7 Å². The highest BCUT2D eigenvalue weighted by molar-refractivity contribution is 8.00. The summed E-state index contributed by atoms with van der Waals surface area (Å²) in [6.45, 7) is 10.5. The molecule has 0 amide bonds. The maximum Gasteiger partial charge on any atom is 0.0580 e. The molecular weight excluding hydrogens is 230 g/mol. The largest absolute Gasteiger partial charge is 0.393 e. The smallest absolute Gasteiger partial charge is 0.0580 e. The minimum absolute atomic E-state index is 0.0520. The monoisotopic (exact) mass is 257 g/mol. The number of hydrogen-bond acceptors (Lipinski definition) is 3. The second-order valence-electron chi connectivity index (χ2n) is 6.59. The van der Waals surface area contributed by atoms with E-state index in [2.05, 4.69) is 37.4 Å². The maximum absolute atomic E-state index is 10.1. The van der Waals surface area contributed by atoms with Crippen LogP contribution < -0.4 is 0 Å². The Morgan fingerprint density at radius 3 is 2.82 bits per heavy atom. The molecule has 0 bridgehead atoms. The van der Waals surface area contributed by atoms with Crippen molar-refractivity contribution in [2.45, 2.75) is 50.9 Å². The van der Waals surface area contributed by atoms with Gasteiger partial charge in [-0.3, -0.25) is 0 Å². The van der Waals surface area contributed by atoms with Gasteiger partial charge in [0.25, 0.3) is 0 Å². The molecule has 0 aromatic carbocycles. The van der Waals surface area contributed by atoms with Gasteiger partial charge in [-0.15, -0.1) is 0 Å². The lowest BCUT2D eigenvalue weighted by Crippen LogP contribution is -2.47. The molecule has 1 saturated carbocycles. The van der Waals surface area contributed by atoms with E-state index < -0.39 is 0 Å². The first-order valence-corrected chi connectivity index (χ1v) is 7.99. The topological polar surface area (TPSA) is 23.5 Å². The summed E-state index contributed by atoms with van der Waals surface area (Å²) in [6.07, 6.45) is 3.38. The predicted molar refractivity (Wildman–Crippen MR) is 75.5 cm³/mol. The summed E-state index contributed by atoms with van der Waals surface area (Å²) in [5.41, 5.74) is 0. The van der Waals surface area contributed by atoms with E-state index >= 15 is 0 Å². The van der Waals surface area contributed by atoms with Gasteiger partial charge in [0.2, 0.25) is 0 Å². The Morgan fingerprint density at radius 2 is 2.12 bits per heavy atom. The zero-order chi connectivity index (χ0) is 12.5. The highest BCUT2D eigenvalue weighted by atomic mass is 32.2. The number of aliphatic hydroxyl groups is 1. The molecule has 1 aliphatic heterocycles. The van der Waals surface area contributed by atoms with E-state index in [1.807, 2.05) is 0 Å². The predicted octanol–water partition coefficient (Wildman–Crippen LogP) is 2.61. The lowest BCUT2D eigenvalue weighted by molar-refractivity contribution is 0.0297. The normalized spacial score (nSPS) is 39.2. The fourth-order valence-electron chi connectivity index (χ4n) is 3.28. The van der Waals surface area contributed by atoms with Gasteiger partial charge in [-0.1, -0.05) is 6.92 Å². The first-order chi connectivity index (χ1) is 7.96. The molecule has 2 rings (SSSR count). The molecule has 2 aliphatic rings. The standard InChI is InChI=1S/C14H27NOS/c1-11-4-5-13(16)12(8-11)9-15-6-7-17-14(2,3)10-15/h11-13,16H,4-10H2,1-3H3. The highest BCUT2D eigenvalue weighted by Crippen LogP contribution is 2.33. The van der Waals surface area contributed by atoms with Crippen molar-refractivity contribution < 1.29 is 5.11 Å². The third kappa shape index (κ3) is 3.87. The van der Waals surface area contributed by atoms with E-state index in [4.69, 9.17) is 0 Å². The molecular formula is C14H27NOS. The van der Waals surface area contributed by atoms with Crippen molar-refractivity contribution in [3.05, 3.63) is 0 Å². The van der Waals surface area contributed by atoms with Gasteiger partial charge in [0.05, 0.1) is 6.10 Å². The average Bonchev–Trinajstić information content (AvgIpc) is 2.22. The molecule has 0 aromatic rings. The van der Waals surface area contributed by atoms with Crippen LogP contribution in [0.5, 0.6) is 0 Å². The van der Waals surface area contributed by atoms with E-state index in [0.717, 1.165) is 18.9 Å². The average molecular weight is 257 g/mol. The zero-order valence-electron chi connectivity index (χ0n) is 11.5. The van der Waals surface area contributed by atoms with Crippen molar-refractivity contribution >= 4 is 11.8 Å². The second-order valence-corrected chi connectivity index (χ2v) is 8.39. The molecule has 0 radical (unpaired) electrons. The third-order valence-corrected chi connectivity index (χ3v) is 5.50. The summed E-state index contributed by atoms with van der Waals surface area (Å²) in [6, 6.07) is 0. The number of nitrogens with zero attached hydrogens (tertiary/aromatic N) is 1. The summed E-state index contributed by atoms with van der Waals surface area (Å²) in [5, 5.41) is 10.1. The Balaban J connectivity index is 1.87. The van der Waals surface area contributed by atoms with Gasteiger partial charge in [-0.2, -0.15) is 11.8 Å². The molecule has 3 unspecified atom stereocenters. The molecule has 1 aliphatic carbocycles. The first kappa shape index (κ1) is 13.7. The van der Waals surface area contributed by atoms with Crippen molar-refractivity contribution in [3.8, 4) is 0 Å². The van der Waals surface area contributed by atoms with Crippen LogP contribution in [0.1, 0.15) is 40.0 Å². The van der Waals surface area contributed by atoms with Crippen molar-refractivity contribution in [1.82, 2.24) is 4.90 Å². The number of thioether (sulfide) groups is 1. The molecule has 3 atom stereocenters. The molecule has 0 aromatic heterocycles. The number of rotatable bonds is 2. The van der Waals surface area contributed by atoms with Crippen LogP contribution in [0.4, 0.5) is 0 Å². The van der Waals surface area contributed by atoms with Gasteiger partial charge in [0, 0.05) is 30.1 Å². The molecule has 3 heteroatoms. The molecule has 0 spiro atoms. The molecule has 1 N–H and O–H groups in total. The fraction of sp³-hybridized carbons (Fsp3) is 1.00. The second kappa shape index (κ2) is 5.50. The van der Waals surface area contributed by atoms with Crippen LogP contribution in [0.2, 0.25) is 0 Å². The Hall–Kier alpha value is 0.270. The molecule has 2 nitrogen and oxygen atoms in total. The van der Waals surface area contributed by atoms with E-state index in [9.17, 15) is 5.11 Å². The van der Waals surface area contributed by atoms with Gasteiger partial charge < -0.3 is 10.0 Å². The lowest BCUT2D eigenvalue weighted by Gasteiger charge is -2.41. The van der Waals surface area contributed by atoms with E-state index in [1.54, 1.807) is 0 Å². The summed E-state index contributed by atoms with van der Waals surface area (Å²) in [4.78, 5) is 2.57. The van der Waals surface area contributed by atoms with Gasteiger partial charge >= 0.3 is 0 Å². The quantitative estimate of drug-likeness (QED) is 0.822. The van der Waals surface area contributed by atoms with Crippen LogP contribution in [0, 0.1) is 11.8 Å². The van der Waals surface area contributed by atoms with E-state index in [-0.39, 0.29) is 6.10 Å². The summed E-state index contributed by atoms with van der Waals surface area (Å²) in [5.74, 6) is 2.55. The van der Waals surface area contributed by atoms with Crippen LogP contribution in [0.25, 0.3) is 0 Å². The molecule has 2 fully saturated rings. The van der Waals surface area contributed by atoms with Crippen molar-refractivity contribution in [2.24, 2.45) is 11.8 Å². The molecule has 100 valence electrons. The van der Waals surface area contributed by atoms with Gasteiger partial charge in [-0.25, -0.2) is 0 Å². The molecule has 1 heterocycles. The summed E-state index contributed by atoms with van der Waals surface area (Å²) >= 11 is 2.08. The van der Waals surface area contributed by atoms with Crippen molar-refractivity contribution in [1.29, 1.82) is 0 Å². The Kier molecular flexibility index (Phi) is 4.43. The minimum atomic E-state index is -0.0520. The highest BCUT2D eigenvalue weighted by Gasteiger charge is 2.32. The summed E-state index contributed by atoms with van der Waals surface area (Å²) < 4.78 is 0.392. The minimum Gasteiger partial charge on any atom is -0.393 e. The van der Waals surface area contributed by atoms with Crippen LogP contribution in [0.3, 0.4) is 0 Å². The van der Waals surface area contributed by atoms with Gasteiger partial charge in [0.15, 0.2) is 0 Å². The third-order valence-electron chi connectivity index (χ3n) is 4.20. The number of aliphatic hydroxyl groups excluding tert-OH is 1. The van der Waals surface area contributed by atoms with Crippen LogP contribution >= 0.6 is 11.8 Å². The molecule has 17 heavy (non-hydrogen) atoms. The summed E-state index contributed by atoms with van der Waals surface area (Å²) in [7, 11) is 0. The Morgan fingerprint density at radius 1 is 1.35 bits per heavy atom. The van der Waals surface area contributed by atoms with Gasteiger partial charge in [0.1, 0.15) is 0 Å². The maximum atomic E-state index is 10.1. The van der Waals surface area contributed by atoms with Crippen molar-refractivity contribution in [3.63, 3.8) is 0 Å². The SMILES string of the molecule is CC1CCC(O)C(CN2CCSC(C)(C)C2)C1. The Bertz CT molecular complexity index is 257. The van der Waals surface area contributed by atoms with Crippen LogP contribution in [0.15, 0.2) is 0 Å². The molecule has 1 saturated heterocycles.